The van der Waals surface area contributed by atoms with Crippen LogP contribution < -0.4 is 10.1 Å². The molecular weight excluding hydrogens is 398 g/mol. The SMILES string of the molecule is CC[C@H](Oc1cccc2ccccc12)C(=O)N[C@H](CC)c1ccc(S(C)(=O)=O)cc1. The fourth-order valence-electron chi connectivity index (χ4n) is 3.41. The zero-order chi connectivity index (χ0) is 21.7. The number of rotatable bonds is 8. The molecule has 2 atom stereocenters. The molecule has 3 aromatic carbocycles. The molecule has 0 spiro atoms. The van der Waals surface area contributed by atoms with Gasteiger partial charge < -0.3 is 10.1 Å². The van der Waals surface area contributed by atoms with E-state index in [4.69, 9.17) is 4.74 Å². The van der Waals surface area contributed by atoms with Crippen molar-refractivity contribution in [2.24, 2.45) is 0 Å². The van der Waals surface area contributed by atoms with Crippen LogP contribution in [0.25, 0.3) is 10.8 Å². The Kier molecular flexibility index (Phi) is 6.77. The number of carbonyl (C=O) groups excluding carboxylic acids is 1. The second-order valence-electron chi connectivity index (χ2n) is 7.30. The van der Waals surface area contributed by atoms with Gasteiger partial charge in [0.2, 0.25) is 0 Å². The number of sulfone groups is 1. The number of hydrogen-bond acceptors (Lipinski definition) is 4. The van der Waals surface area contributed by atoms with Crippen LogP contribution in [-0.4, -0.2) is 26.7 Å². The third kappa shape index (κ3) is 5.00. The summed E-state index contributed by atoms with van der Waals surface area (Å²) in [5.41, 5.74) is 0.860. The molecule has 0 saturated carbocycles. The minimum absolute atomic E-state index is 0.190. The summed E-state index contributed by atoms with van der Waals surface area (Å²) in [5, 5.41) is 5.07. The quantitative estimate of drug-likeness (QED) is 0.569. The largest absolute Gasteiger partial charge is 0.480 e. The first-order valence-electron chi connectivity index (χ1n) is 10.1. The highest BCUT2D eigenvalue weighted by Crippen LogP contribution is 2.27. The summed E-state index contributed by atoms with van der Waals surface area (Å²) in [5.74, 6) is 0.491. The minimum atomic E-state index is -3.25. The summed E-state index contributed by atoms with van der Waals surface area (Å²) in [6.07, 6.45) is 1.75. The van der Waals surface area contributed by atoms with E-state index in [0.717, 1.165) is 16.3 Å². The number of benzene rings is 3. The van der Waals surface area contributed by atoms with Crippen LogP contribution in [0.2, 0.25) is 0 Å². The number of nitrogens with one attached hydrogen (secondary N) is 1. The minimum Gasteiger partial charge on any atom is -0.480 e. The predicted octanol–water partition coefficient (Wildman–Crippen LogP) is 4.67. The fourth-order valence-corrected chi connectivity index (χ4v) is 4.04. The molecule has 1 N–H and O–H groups in total. The molecule has 0 heterocycles. The Morgan fingerprint density at radius 2 is 1.60 bits per heavy atom. The van der Waals surface area contributed by atoms with Gasteiger partial charge in [0.1, 0.15) is 5.75 Å². The highest BCUT2D eigenvalue weighted by molar-refractivity contribution is 7.90. The molecule has 3 aromatic rings. The van der Waals surface area contributed by atoms with E-state index in [2.05, 4.69) is 5.32 Å². The number of carbonyl (C=O) groups is 1. The van der Waals surface area contributed by atoms with E-state index in [0.29, 0.717) is 18.6 Å². The van der Waals surface area contributed by atoms with Crippen molar-refractivity contribution in [3.8, 4) is 5.75 Å². The molecule has 0 aliphatic heterocycles. The third-order valence-electron chi connectivity index (χ3n) is 5.12. The van der Waals surface area contributed by atoms with Crippen molar-refractivity contribution in [2.45, 2.75) is 43.7 Å². The van der Waals surface area contributed by atoms with Gasteiger partial charge >= 0.3 is 0 Å². The van der Waals surface area contributed by atoms with E-state index in [-0.39, 0.29) is 16.8 Å². The lowest BCUT2D eigenvalue weighted by Crippen LogP contribution is -2.40. The van der Waals surface area contributed by atoms with Crippen LogP contribution in [0.15, 0.2) is 71.6 Å². The molecule has 158 valence electrons. The molecule has 5 nitrogen and oxygen atoms in total. The van der Waals surface area contributed by atoms with Crippen LogP contribution in [0, 0.1) is 0 Å². The van der Waals surface area contributed by atoms with Gasteiger partial charge in [-0.15, -0.1) is 0 Å². The van der Waals surface area contributed by atoms with Gasteiger partial charge in [0.05, 0.1) is 10.9 Å². The molecule has 0 aliphatic carbocycles. The van der Waals surface area contributed by atoms with Crippen molar-refractivity contribution in [1.82, 2.24) is 5.32 Å². The third-order valence-corrected chi connectivity index (χ3v) is 6.25. The van der Waals surface area contributed by atoms with Gasteiger partial charge in [-0.1, -0.05) is 62.4 Å². The molecule has 30 heavy (non-hydrogen) atoms. The molecular formula is C24H27NO4S. The summed E-state index contributed by atoms with van der Waals surface area (Å²) in [7, 11) is -3.25. The van der Waals surface area contributed by atoms with E-state index in [1.165, 1.54) is 6.26 Å². The highest BCUT2D eigenvalue weighted by atomic mass is 32.2. The Balaban J connectivity index is 1.76. The van der Waals surface area contributed by atoms with Crippen molar-refractivity contribution in [1.29, 1.82) is 0 Å². The van der Waals surface area contributed by atoms with Crippen LogP contribution in [0.5, 0.6) is 5.75 Å². The lowest BCUT2D eigenvalue weighted by molar-refractivity contribution is -0.128. The van der Waals surface area contributed by atoms with E-state index in [1.54, 1.807) is 24.3 Å². The van der Waals surface area contributed by atoms with Crippen LogP contribution in [-0.2, 0) is 14.6 Å². The number of ether oxygens (including phenoxy) is 1. The Morgan fingerprint density at radius 3 is 2.23 bits per heavy atom. The van der Waals surface area contributed by atoms with Gasteiger partial charge in [-0.3, -0.25) is 4.79 Å². The molecule has 0 saturated heterocycles. The van der Waals surface area contributed by atoms with Crippen molar-refractivity contribution in [3.63, 3.8) is 0 Å². The maximum absolute atomic E-state index is 13.0. The Labute approximate surface area is 178 Å². The summed E-state index contributed by atoms with van der Waals surface area (Å²) in [6, 6.07) is 20.1. The van der Waals surface area contributed by atoms with Gasteiger partial charge in [0, 0.05) is 11.6 Å². The monoisotopic (exact) mass is 425 g/mol. The average Bonchev–Trinajstić information content (AvgIpc) is 2.75. The van der Waals surface area contributed by atoms with Gasteiger partial charge in [0.15, 0.2) is 15.9 Å². The molecule has 0 bridgehead atoms. The lowest BCUT2D eigenvalue weighted by Gasteiger charge is -2.23. The molecule has 0 unspecified atom stereocenters. The highest BCUT2D eigenvalue weighted by Gasteiger charge is 2.23. The number of amides is 1. The molecule has 0 aliphatic rings. The van der Waals surface area contributed by atoms with E-state index < -0.39 is 15.9 Å². The molecule has 0 aromatic heterocycles. The van der Waals surface area contributed by atoms with E-state index >= 15 is 0 Å². The predicted molar refractivity (Wildman–Crippen MR) is 119 cm³/mol. The van der Waals surface area contributed by atoms with Crippen LogP contribution in [0.4, 0.5) is 0 Å². The van der Waals surface area contributed by atoms with Crippen LogP contribution in [0.3, 0.4) is 0 Å². The van der Waals surface area contributed by atoms with Crippen molar-refractivity contribution in [3.05, 3.63) is 72.3 Å². The first-order chi connectivity index (χ1) is 14.3. The summed E-state index contributed by atoms with van der Waals surface area (Å²) in [6.45, 7) is 3.89. The number of fused-ring (bicyclic) bond motifs is 1. The standard InChI is InChI=1S/C24H27NO4S/c1-4-21(18-13-15-19(16-14-18)30(3,27)28)25-24(26)22(5-2)29-23-12-8-10-17-9-6-7-11-20(17)23/h6-16,21-22H,4-5H2,1-3H3,(H,25,26)/t21-,22+/m1/s1. The molecule has 0 radical (unpaired) electrons. The van der Waals surface area contributed by atoms with Gasteiger partial charge in [-0.2, -0.15) is 0 Å². The van der Waals surface area contributed by atoms with Crippen LogP contribution >= 0.6 is 0 Å². The lowest BCUT2D eigenvalue weighted by atomic mass is 10.0. The van der Waals surface area contributed by atoms with Gasteiger partial charge in [-0.05, 0) is 42.0 Å². The molecule has 1 amide bonds. The Bertz CT molecular complexity index is 1120. The fraction of sp³-hybridized carbons (Fsp3) is 0.292. The van der Waals surface area contributed by atoms with Gasteiger partial charge in [0.25, 0.3) is 5.91 Å². The Hall–Kier alpha value is -2.86. The Morgan fingerprint density at radius 1 is 0.933 bits per heavy atom. The van der Waals surface area contributed by atoms with E-state index in [9.17, 15) is 13.2 Å². The van der Waals surface area contributed by atoms with Crippen molar-refractivity contribution < 1.29 is 17.9 Å². The van der Waals surface area contributed by atoms with Crippen molar-refractivity contribution >= 4 is 26.5 Å². The smallest absolute Gasteiger partial charge is 0.261 e. The van der Waals surface area contributed by atoms with Crippen molar-refractivity contribution in [2.75, 3.05) is 6.26 Å². The normalized spacial score (nSPS) is 13.6. The zero-order valence-corrected chi connectivity index (χ0v) is 18.3. The summed E-state index contributed by atoms with van der Waals surface area (Å²) >= 11 is 0. The summed E-state index contributed by atoms with van der Waals surface area (Å²) in [4.78, 5) is 13.2. The maximum Gasteiger partial charge on any atom is 0.261 e. The maximum atomic E-state index is 13.0. The van der Waals surface area contributed by atoms with Gasteiger partial charge in [-0.25, -0.2) is 8.42 Å². The summed E-state index contributed by atoms with van der Waals surface area (Å²) < 4.78 is 29.4. The van der Waals surface area contributed by atoms with E-state index in [1.807, 2.05) is 56.3 Å². The average molecular weight is 426 g/mol. The molecule has 0 fully saturated rings. The first-order valence-corrected chi connectivity index (χ1v) is 12.0. The second-order valence-corrected chi connectivity index (χ2v) is 9.32. The second kappa shape index (κ2) is 9.30. The van der Waals surface area contributed by atoms with Crippen LogP contribution in [0.1, 0.15) is 38.3 Å². The number of hydrogen-bond donors (Lipinski definition) is 1. The first kappa shape index (κ1) is 21.8. The molecule has 3 rings (SSSR count). The zero-order valence-electron chi connectivity index (χ0n) is 17.5. The topological polar surface area (TPSA) is 72.5 Å². The molecule has 6 heteroatoms.